The quantitative estimate of drug-likeness (QED) is 0.627. The fraction of sp³-hybridized carbons (Fsp3) is 0.385. The van der Waals surface area contributed by atoms with Crippen LogP contribution in [-0.2, 0) is 4.79 Å². The first-order valence-corrected chi connectivity index (χ1v) is 5.60. The highest BCUT2D eigenvalue weighted by molar-refractivity contribution is 5.81. The lowest BCUT2D eigenvalue weighted by Crippen LogP contribution is -2.12. The average Bonchev–Trinajstić information content (AvgIpc) is 2.27. The summed E-state index contributed by atoms with van der Waals surface area (Å²) in [6.07, 6.45) is 1.59. The van der Waals surface area contributed by atoms with Gasteiger partial charge in [0.25, 0.3) is 0 Å². The smallest absolute Gasteiger partial charge is 0.236 e. The molecule has 92 valence electrons. The number of hydrazone groups is 1. The molecule has 0 saturated carbocycles. The SMILES string of the molecule is CC(=O)N/N=C\c1ccc(OCC(C)C)cc1. The number of ether oxygens (including phenoxy) is 1. The minimum absolute atomic E-state index is 0.182. The number of hydrogen-bond donors (Lipinski definition) is 1. The molecule has 0 spiro atoms. The molecule has 0 heterocycles. The summed E-state index contributed by atoms with van der Waals surface area (Å²) in [6.45, 7) is 6.34. The van der Waals surface area contributed by atoms with E-state index < -0.39 is 0 Å². The van der Waals surface area contributed by atoms with Gasteiger partial charge in [-0.05, 0) is 35.7 Å². The first kappa shape index (κ1) is 13.2. The maximum atomic E-state index is 10.6. The first-order valence-electron chi connectivity index (χ1n) is 5.60. The van der Waals surface area contributed by atoms with E-state index in [9.17, 15) is 4.79 Å². The van der Waals surface area contributed by atoms with Crippen molar-refractivity contribution in [1.82, 2.24) is 5.43 Å². The van der Waals surface area contributed by atoms with Gasteiger partial charge in [0, 0.05) is 6.92 Å². The van der Waals surface area contributed by atoms with Gasteiger partial charge < -0.3 is 4.74 Å². The van der Waals surface area contributed by atoms with Gasteiger partial charge in [-0.2, -0.15) is 5.10 Å². The molecule has 1 aromatic carbocycles. The van der Waals surface area contributed by atoms with Crippen LogP contribution < -0.4 is 10.2 Å². The highest BCUT2D eigenvalue weighted by Crippen LogP contribution is 2.12. The summed E-state index contributed by atoms with van der Waals surface area (Å²) in [5, 5.41) is 3.78. The number of nitrogens with one attached hydrogen (secondary N) is 1. The van der Waals surface area contributed by atoms with Crippen LogP contribution >= 0.6 is 0 Å². The Balaban J connectivity index is 2.50. The first-order chi connectivity index (χ1) is 8.08. The minimum atomic E-state index is -0.182. The zero-order chi connectivity index (χ0) is 12.7. The Morgan fingerprint density at radius 2 is 2.06 bits per heavy atom. The van der Waals surface area contributed by atoms with Crippen LogP contribution in [-0.4, -0.2) is 18.7 Å². The highest BCUT2D eigenvalue weighted by Gasteiger charge is 1.96. The van der Waals surface area contributed by atoms with Gasteiger partial charge >= 0.3 is 0 Å². The van der Waals surface area contributed by atoms with Crippen LogP contribution in [0, 0.1) is 5.92 Å². The summed E-state index contributed by atoms with van der Waals surface area (Å²) in [4.78, 5) is 10.6. The van der Waals surface area contributed by atoms with E-state index in [1.54, 1.807) is 6.21 Å². The summed E-state index contributed by atoms with van der Waals surface area (Å²) in [7, 11) is 0. The van der Waals surface area contributed by atoms with Crippen molar-refractivity contribution < 1.29 is 9.53 Å². The van der Waals surface area contributed by atoms with Crippen LogP contribution in [0.4, 0.5) is 0 Å². The van der Waals surface area contributed by atoms with Crippen molar-refractivity contribution >= 4 is 12.1 Å². The summed E-state index contributed by atoms with van der Waals surface area (Å²) in [6, 6.07) is 7.55. The highest BCUT2D eigenvalue weighted by atomic mass is 16.5. The zero-order valence-electron chi connectivity index (χ0n) is 10.4. The second kappa shape index (κ2) is 6.68. The zero-order valence-corrected chi connectivity index (χ0v) is 10.4. The van der Waals surface area contributed by atoms with Crippen molar-refractivity contribution in [3.05, 3.63) is 29.8 Å². The summed E-state index contributed by atoms with van der Waals surface area (Å²) < 4.78 is 5.55. The molecule has 0 radical (unpaired) electrons. The molecule has 1 N–H and O–H groups in total. The number of nitrogens with zero attached hydrogens (tertiary/aromatic N) is 1. The normalized spacial score (nSPS) is 10.8. The van der Waals surface area contributed by atoms with Gasteiger partial charge in [-0.25, -0.2) is 5.43 Å². The van der Waals surface area contributed by atoms with E-state index >= 15 is 0 Å². The Morgan fingerprint density at radius 3 is 2.59 bits per heavy atom. The molecule has 0 aromatic heterocycles. The monoisotopic (exact) mass is 234 g/mol. The molecule has 1 amide bonds. The number of rotatable bonds is 5. The maximum absolute atomic E-state index is 10.6. The van der Waals surface area contributed by atoms with Crippen LogP contribution in [0.1, 0.15) is 26.3 Å². The second-order valence-corrected chi connectivity index (χ2v) is 4.20. The van der Waals surface area contributed by atoms with Gasteiger partial charge in [-0.1, -0.05) is 13.8 Å². The molecule has 0 aliphatic heterocycles. The predicted molar refractivity (Wildman–Crippen MR) is 68.2 cm³/mol. The van der Waals surface area contributed by atoms with E-state index in [4.69, 9.17) is 4.74 Å². The fourth-order valence-corrected chi connectivity index (χ4v) is 1.11. The molecule has 0 aliphatic rings. The number of benzene rings is 1. The lowest BCUT2D eigenvalue weighted by Gasteiger charge is -2.08. The summed E-state index contributed by atoms with van der Waals surface area (Å²) >= 11 is 0. The molecule has 0 atom stereocenters. The van der Waals surface area contributed by atoms with E-state index in [0.717, 1.165) is 11.3 Å². The van der Waals surface area contributed by atoms with E-state index in [1.807, 2.05) is 24.3 Å². The third-order valence-electron chi connectivity index (χ3n) is 1.90. The van der Waals surface area contributed by atoms with E-state index in [0.29, 0.717) is 12.5 Å². The number of carbonyl (C=O) groups is 1. The third kappa shape index (κ3) is 5.70. The third-order valence-corrected chi connectivity index (χ3v) is 1.90. The van der Waals surface area contributed by atoms with Gasteiger partial charge in [-0.15, -0.1) is 0 Å². The molecule has 4 nitrogen and oxygen atoms in total. The lowest BCUT2D eigenvalue weighted by atomic mass is 10.2. The molecule has 0 aliphatic carbocycles. The van der Waals surface area contributed by atoms with Gasteiger partial charge in [0.05, 0.1) is 12.8 Å². The Kier molecular flexibility index (Phi) is 5.20. The molecular weight excluding hydrogens is 216 g/mol. The van der Waals surface area contributed by atoms with Crippen molar-refractivity contribution in [3.63, 3.8) is 0 Å². The van der Waals surface area contributed by atoms with E-state index in [1.165, 1.54) is 6.92 Å². The molecule has 4 heteroatoms. The standard InChI is InChI=1S/C13H18N2O2/c1-10(2)9-17-13-6-4-12(5-7-13)8-14-15-11(3)16/h4-8,10H,9H2,1-3H3,(H,15,16)/b14-8-. The molecule has 1 rings (SSSR count). The van der Waals surface area contributed by atoms with Crippen molar-refractivity contribution in [2.45, 2.75) is 20.8 Å². The Morgan fingerprint density at radius 1 is 1.41 bits per heavy atom. The fourth-order valence-electron chi connectivity index (χ4n) is 1.11. The molecule has 1 aromatic rings. The summed E-state index contributed by atoms with van der Waals surface area (Å²) in [5.41, 5.74) is 3.26. The maximum Gasteiger partial charge on any atom is 0.236 e. The lowest BCUT2D eigenvalue weighted by molar-refractivity contribution is -0.118. The van der Waals surface area contributed by atoms with Crippen LogP contribution in [0.15, 0.2) is 29.4 Å². The van der Waals surface area contributed by atoms with Crippen LogP contribution in [0.2, 0.25) is 0 Å². The number of amides is 1. The largest absolute Gasteiger partial charge is 0.493 e. The Labute approximate surface area is 102 Å². The van der Waals surface area contributed by atoms with Crippen LogP contribution in [0.3, 0.4) is 0 Å². The second-order valence-electron chi connectivity index (χ2n) is 4.20. The van der Waals surface area contributed by atoms with Crippen LogP contribution in [0.5, 0.6) is 5.75 Å². The Hall–Kier alpha value is -1.84. The van der Waals surface area contributed by atoms with Crippen molar-refractivity contribution in [1.29, 1.82) is 0 Å². The average molecular weight is 234 g/mol. The molecular formula is C13H18N2O2. The minimum Gasteiger partial charge on any atom is -0.493 e. The van der Waals surface area contributed by atoms with Gasteiger partial charge in [0.1, 0.15) is 5.75 Å². The molecule has 0 unspecified atom stereocenters. The van der Waals surface area contributed by atoms with Crippen molar-refractivity contribution in [2.24, 2.45) is 11.0 Å². The molecule has 0 saturated heterocycles. The van der Waals surface area contributed by atoms with Gasteiger partial charge in [-0.3, -0.25) is 4.79 Å². The number of carbonyl (C=O) groups excluding carboxylic acids is 1. The van der Waals surface area contributed by atoms with Crippen LogP contribution in [0.25, 0.3) is 0 Å². The predicted octanol–water partition coefficient (Wildman–Crippen LogP) is 2.19. The molecule has 0 bridgehead atoms. The van der Waals surface area contributed by atoms with E-state index in [-0.39, 0.29) is 5.91 Å². The van der Waals surface area contributed by atoms with Gasteiger partial charge in [0.2, 0.25) is 5.91 Å². The van der Waals surface area contributed by atoms with Crippen molar-refractivity contribution in [3.8, 4) is 5.75 Å². The van der Waals surface area contributed by atoms with E-state index in [2.05, 4.69) is 24.4 Å². The molecule has 17 heavy (non-hydrogen) atoms. The summed E-state index contributed by atoms with van der Waals surface area (Å²) in [5.74, 6) is 1.17. The topological polar surface area (TPSA) is 50.7 Å². The Bertz CT molecular complexity index is 383. The molecule has 0 fully saturated rings. The number of hydrogen-bond acceptors (Lipinski definition) is 3. The van der Waals surface area contributed by atoms with Crippen molar-refractivity contribution in [2.75, 3.05) is 6.61 Å². The van der Waals surface area contributed by atoms with Gasteiger partial charge in [0.15, 0.2) is 0 Å².